The highest BCUT2D eigenvalue weighted by Gasteiger charge is 2.24. The maximum absolute atomic E-state index is 5.55. The van der Waals surface area contributed by atoms with E-state index in [-0.39, 0.29) is 35.5 Å². The largest absolute Gasteiger partial charge is 0.379 e. The number of aliphatic imine (C=N–C) groups is 1. The molecular formula is C16H34IN3O. The Hall–Kier alpha value is -0.300. The zero-order chi connectivity index (χ0) is 15.6. The van der Waals surface area contributed by atoms with Crippen molar-refractivity contribution in [1.82, 2.24) is 10.2 Å². The van der Waals surface area contributed by atoms with E-state index in [0.717, 1.165) is 31.9 Å². The molecule has 126 valence electrons. The molecule has 0 aromatic rings. The maximum atomic E-state index is 5.55. The normalized spacial score (nSPS) is 13.3. The Labute approximate surface area is 148 Å². The Morgan fingerprint density at radius 3 is 2.48 bits per heavy atom. The van der Waals surface area contributed by atoms with Crippen molar-refractivity contribution >= 4 is 29.9 Å². The van der Waals surface area contributed by atoms with Crippen molar-refractivity contribution < 1.29 is 4.74 Å². The van der Waals surface area contributed by atoms with Gasteiger partial charge < -0.3 is 15.0 Å². The number of nitrogens with zero attached hydrogens (tertiary/aromatic N) is 2. The van der Waals surface area contributed by atoms with Gasteiger partial charge in [-0.1, -0.05) is 26.8 Å². The van der Waals surface area contributed by atoms with Crippen LogP contribution in [0.1, 0.15) is 40.5 Å². The van der Waals surface area contributed by atoms with Crippen LogP contribution in [0.5, 0.6) is 0 Å². The third kappa shape index (κ3) is 10.1. The van der Waals surface area contributed by atoms with Gasteiger partial charge >= 0.3 is 0 Å². The Kier molecular flexibility index (Phi) is 13.4. The third-order valence-corrected chi connectivity index (χ3v) is 3.26. The summed E-state index contributed by atoms with van der Waals surface area (Å²) < 4.78 is 5.55. The number of ether oxygens (including phenoxy) is 1. The zero-order valence-electron chi connectivity index (χ0n) is 14.6. The molecule has 0 amide bonds. The molecular weight excluding hydrogens is 377 g/mol. The van der Waals surface area contributed by atoms with Crippen LogP contribution in [0.2, 0.25) is 0 Å². The molecule has 21 heavy (non-hydrogen) atoms. The molecule has 0 aromatic heterocycles. The highest BCUT2D eigenvalue weighted by Crippen LogP contribution is 2.21. The third-order valence-electron chi connectivity index (χ3n) is 3.26. The smallest absolute Gasteiger partial charge is 0.193 e. The van der Waals surface area contributed by atoms with Crippen molar-refractivity contribution in [2.24, 2.45) is 10.4 Å². The molecule has 0 aliphatic carbocycles. The van der Waals surface area contributed by atoms with Gasteiger partial charge in [-0.15, -0.1) is 30.6 Å². The molecule has 5 heteroatoms. The summed E-state index contributed by atoms with van der Waals surface area (Å²) in [5.74, 6) is 0.947. The summed E-state index contributed by atoms with van der Waals surface area (Å²) in [4.78, 5) is 6.88. The fourth-order valence-electron chi connectivity index (χ4n) is 1.92. The highest BCUT2D eigenvalue weighted by atomic mass is 127. The van der Waals surface area contributed by atoms with Crippen molar-refractivity contribution in [2.45, 2.75) is 46.6 Å². The summed E-state index contributed by atoms with van der Waals surface area (Å²) in [6, 6.07) is 0. The number of halogens is 1. The Morgan fingerprint density at radius 1 is 1.43 bits per heavy atom. The maximum Gasteiger partial charge on any atom is 0.193 e. The van der Waals surface area contributed by atoms with Crippen molar-refractivity contribution in [2.75, 3.05) is 33.8 Å². The highest BCUT2D eigenvalue weighted by molar-refractivity contribution is 14.0. The first-order valence-electron chi connectivity index (χ1n) is 7.49. The summed E-state index contributed by atoms with van der Waals surface area (Å²) in [6.45, 7) is 14.9. The molecule has 0 saturated carbocycles. The number of unbranched alkanes of at least 4 members (excludes halogenated alkanes) is 1. The Bertz CT molecular complexity index is 300. The van der Waals surface area contributed by atoms with Crippen molar-refractivity contribution in [1.29, 1.82) is 0 Å². The predicted molar refractivity (Wildman–Crippen MR) is 104 cm³/mol. The zero-order valence-corrected chi connectivity index (χ0v) is 16.9. The predicted octanol–water partition coefficient (Wildman–Crippen LogP) is 3.53. The van der Waals surface area contributed by atoms with Crippen LogP contribution in [0.15, 0.2) is 17.6 Å². The monoisotopic (exact) mass is 411 g/mol. The average molecular weight is 411 g/mol. The van der Waals surface area contributed by atoms with E-state index < -0.39 is 0 Å². The van der Waals surface area contributed by atoms with Crippen molar-refractivity contribution in [3.8, 4) is 0 Å². The van der Waals surface area contributed by atoms with Crippen LogP contribution in [0, 0.1) is 5.41 Å². The number of methoxy groups -OCH3 is 1. The molecule has 0 aromatic carbocycles. The number of allylic oxidation sites excluding steroid dienone is 1. The summed E-state index contributed by atoms with van der Waals surface area (Å²) in [6.07, 6.45) is 4.21. The molecule has 0 aliphatic heterocycles. The number of hydrogen-bond acceptors (Lipinski definition) is 2. The van der Waals surface area contributed by atoms with Gasteiger partial charge in [0.05, 0.1) is 12.6 Å². The van der Waals surface area contributed by atoms with E-state index >= 15 is 0 Å². The van der Waals surface area contributed by atoms with E-state index in [1.165, 1.54) is 0 Å². The average Bonchev–Trinajstić information content (AvgIpc) is 2.36. The van der Waals surface area contributed by atoms with Crippen LogP contribution in [-0.2, 0) is 4.74 Å². The molecule has 0 saturated heterocycles. The first-order chi connectivity index (χ1) is 9.36. The quantitative estimate of drug-likeness (QED) is 0.218. The van der Waals surface area contributed by atoms with Crippen LogP contribution in [0.4, 0.5) is 0 Å². The molecule has 0 aliphatic rings. The minimum Gasteiger partial charge on any atom is -0.379 e. The second kappa shape index (κ2) is 12.3. The molecule has 4 nitrogen and oxygen atoms in total. The number of rotatable bonds is 8. The van der Waals surface area contributed by atoms with Crippen LogP contribution in [0.3, 0.4) is 0 Å². The molecule has 0 spiro atoms. The Balaban J connectivity index is 0. The van der Waals surface area contributed by atoms with E-state index in [1.54, 1.807) is 7.11 Å². The molecule has 1 atom stereocenters. The van der Waals surface area contributed by atoms with Crippen LogP contribution >= 0.6 is 24.0 Å². The van der Waals surface area contributed by atoms with Gasteiger partial charge in [0, 0.05) is 27.2 Å². The molecule has 1 N–H and O–H groups in total. The molecule has 1 unspecified atom stereocenters. The number of nitrogens with one attached hydrogen (secondary N) is 1. The van der Waals surface area contributed by atoms with Gasteiger partial charge in [-0.05, 0) is 25.2 Å². The van der Waals surface area contributed by atoms with Crippen molar-refractivity contribution in [3.63, 3.8) is 0 Å². The first kappa shape index (κ1) is 23.0. The second-order valence-electron chi connectivity index (χ2n) is 6.14. The lowest BCUT2D eigenvalue weighted by Crippen LogP contribution is -2.41. The van der Waals surface area contributed by atoms with Gasteiger partial charge in [0.15, 0.2) is 5.96 Å². The lowest BCUT2D eigenvalue weighted by Gasteiger charge is -2.29. The molecule has 0 heterocycles. The minimum absolute atomic E-state index is 0. The van der Waals surface area contributed by atoms with E-state index in [2.05, 4.69) is 51.5 Å². The summed E-state index contributed by atoms with van der Waals surface area (Å²) >= 11 is 0. The summed E-state index contributed by atoms with van der Waals surface area (Å²) in [5, 5.41) is 3.33. The molecule has 0 bridgehead atoms. The fourth-order valence-corrected chi connectivity index (χ4v) is 1.92. The second-order valence-corrected chi connectivity index (χ2v) is 6.14. The van der Waals surface area contributed by atoms with Gasteiger partial charge in [0.25, 0.3) is 0 Å². The lowest BCUT2D eigenvalue weighted by molar-refractivity contribution is 0.0240. The summed E-state index contributed by atoms with van der Waals surface area (Å²) in [5.41, 5.74) is 0.0942. The number of hydrogen-bond donors (Lipinski definition) is 1. The van der Waals surface area contributed by atoms with Crippen LogP contribution < -0.4 is 5.32 Å². The topological polar surface area (TPSA) is 36.9 Å². The lowest BCUT2D eigenvalue weighted by atomic mass is 9.89. The van der Waals surface area contributed by atoms with E-state index in [4.69, 9.17) is 9.73 Å². The van der Waals surface area contributed by atoms with Gasteiger partial charge in [0.2, 0.25) is 0 Å². The van der Waals surface area contributed by atoms with Gasteiger partial charge in [0.1, 0.15) is 0 Å². The van der Waals surface area contributed by atoms with E-state index in [9.17, 15) is 0 Å². The van der Waals surface area contributed by atoms with Crippen LogP contribution in [0.25, 0.3) is 0 Å². The molecule has 0 radical (unpaired) electrons. The fraction of sp³-hybridized carbons (Fsp3) is 0.812. The number of guanidine groups is 1. The standard InChI is InChI=1S/C16H33N3O.HI/c1-8-10-11-12-19(6)15(17-9-2)18-13-14(20-7)16(3,4)5;/h8,14H,1,9-13H2,2-7H3,(H,17,18);1H. The Morgan fingerprint density at radius 2 is 2.05 bits per heavy atom. The van der Waals surface area contributed by atoms with Crippen molar-refractivity contribution in [3.05, 3.63) is 12.7 Å². The molecule has 0 fully saturated rings. The van der Waals surface area contributed by atoms with Crippen LogP contribution in [-0.4, -0.2) is 50.8 Å². The summed E-state index contributed by atoms with van der Waals surface area (Å²) in [7, 11) is 3.83. The minimum atomic E-state index is 0. The van der Waals surface area contributed by atoms with Gasteiger partial charge in [-0.3, -0.25) is 4.99 Å². The first-order valence-corrected chi connectivity index (χ1v) is 7.49. The van der Waals surface area contributed by atoms with Gasteiger partial charge in [-0.25, -0.2) is 0 Å². The SMILES string of the molecule is C=CCCCN(C)C(=NCC(OC)C(C)(C)C)NCC.I. The molecule has 0 rings (SSSR count). The van der Waals surface area contributed by atoms with Gasteiger partial charge in [-0.2, -0.15) is 0 Å². The van der Waals surface area contributed by atoms with E-state index in [0.29, 0.717) is 6.54 Å². The van der Waals surface area contributed by atoms with E-state index in [1.807, 2.05) is 6.08 Å².